The smallest absolute Gasteiger partial charge is 0.227 e. The van der Waals surface area contributed by atoms with Crippen LogP contribution < -0.4 is 5.73 Å². The van der Waals surface area contributed by atoms with E-state index in [-0.39, 0.29) is 17.9 Å². The lowest BCUT2D eigenvalue weighted by atomic mass is 9.84. The van der Waals surface area contributed by atoms with Crippen LogP contribution in [0.5, 0.6) is 0 Å². The van der Waals surface area contributed by atoms with Crippen molar-refractivity contribution in [2.24, 2.45) is 11.7 Å². The highest BCUT2D eigenvalue weighted by atomic mass is 16.2. The number of amides is 1. The summed E-state index contributed by atoms with van der Waals surface area (Å²) in [7, 11) is 1.74. The first-order valence-corrected chi connectivity index (χ1v) is 5.11. The van der Waals surface area contributed by atoms with E-state index in [0.717, 1.165) is 25.7 Å². The van der Waals surface area contributed by atoms with Crippen molar-refractivity contribution in [1.29, 1.82) is 0 Å². The summed E-state index contributed by atoms with van der Waals surface area (Å²) in [5.74, 6) is 2.56. The number of hydrogen-bond donors (Lipinski definition) is 1. The average molecular weight is 194 g/mol. The molecule has 1 aliphatic carbocycles. The van der Waals surface area contributed by atoms with Gasteiger partial charge in [-0.25, -0.2) is 0 Å². The van der Waals surface area contributed by atoms with Crippen LogP contribution in [-0.2, 0) is 4.79 Å². The second-order valence-electron chi connectivity index (χ2n) is 3.95. The molecule has 0 aromatic carbocycles. The van der Waals surface area contributed by atoms with E-state index in [4.69, 9.17) is 12.2 Å². The number of rotatable bonds is 2. The van der Waals surface area contributed by atoms with Crippen LogP contribution in [-0.4, -0.2) is 30.4 Å². The van der Waals surface area contributed by atoms with Crippen molar-refractivity contribution in [3.05, 3.63) is 0 Å². The summed E-state index contributed by atoms with van der Waals surface area (Å²) in [6.45, 7) is 0.377. The van der Waals surface area contributed by atoms with E-state index in [1.54, 1.807) is 11.9 Å². The lowest BCUT2D eigenvalue weighted by Crippen LogP contribution is -2.44. The molecule has 3 nitrogen and oxygen atoms in total. The maximum Gasteiger partial charge on any atom is 0.227 e. The van der Waals surface area contributed by atoms with E-state index in [1.165, 1.54) is 0 Å². The van der Waals surface area contributed by atoms with Gasteiger partial charge in [-0.05, 0) is 12.8 Å². The Morgan fingerprint density at radius 1 is 1.57 bits per heavy atom. The molecule has 0 spiro atoms. The number of nitrogens with zero attached hydrogens (tertiary/aromatic N) is 1. The summed E-state index contributed by atoms with van der Waals surface area (Å²) in [5.41, 5.74) is 5.91. The van der Waals surface area contributed by atoms with E-state index in [0.29, 0.717) is 6.54 Å². The first-order chi connectivity index (χ1) is 6.66. The standard InChI is InChI=1S/C11H18N2O/c1-3-8-13(2)11(14)9-6-4-5-7-10(9)12/h1,9-10H,4-8,12H2,2H3. The van der Waals surface area contributed by atoms with Gasteiger partial charge in [-0.2, -0.15) is 0 Å². The third kappa shape index (κ3) is 2.49. The van der Waals surface area contributed by atoms with Gasteiger partial charge in [0.15, 0.2) is 0 Å². The fourth-order valence-electron chi connectivity index (χ4n) is 1.96. The van der Waals surface area contributed by atoms with Gasteiger partial charge in [-0.3, -0.25) is 4.79 Å². The highest BCUT2D eigenvalue weighted by Gasteiger charge is 2.29. The molecular formula is C11H18N2O. The number of carbonyl (C=O) groups is 1. The monoisotopic (exact) mass is 194 g/mol. The van der Waals surface area contributed by atoms with Gasteiger partial charge in [0, 0.05) is 13.1 Å². The van der Waals surface area contributed by atoms with Crippen molar-refractivity contribution >= 4 is 5.91 Å². The van der Waals surface area contributed by atoms with Crippen LogP contribution in [0.1, 0.15) is 25.7 Å². The first-order valence-electron chi connectivity index (χ1n) is 5.11. The maximum atomic E-state index is 11.8. The predicted molar refractivity (Wildman–Crippen MR) is 56.4 cm³/mol. The minimum Gasteiger partial charge on any atom is -0.334 e. The number of nitrogens with two attached hydrogens (primary N) is 1. The normalized spacial score (nSPS) is 26.6. The second kappa shape index (κ2) is 5.02. The predicted octanol–water partition coefficient (Wildman–Crippen LogP) is 0.596. The topological polar surface area (TPSA) is 46.3 Å². The molecule has 0 bridgehead atoms. The van der Waals surface area contributed by atoms with Gasteiger partial charge in [-0.1, -0.05) is 18.8 Å². The van der Waals surface area contributed by atoms with E-state index in [9.17, 15) is 4.79 Å². The lowest BCUT2D eigenvalue weighted by Gasteiger charge is -2.30. The van der Waals surface area contributed by atoms with Crippen LogP contribution in [0.4, 0.5) is 0 Å². The molecule has 2 atom stereocenters. The molecule has 0 aromatic rings. The van der Waals surface area contributed by atoms with Crippen LogP contribution in [0.3, 0.4) is 0 Å². The van der Waals surface area contributed by atoms with Crippen LogP contribution in [0.25, 0.3) is 0 Å². The van der Waals surface area contributed by atoms with Crippen molar-refractivity contribution < 1.29 is 4.79 Å². The van der Waals surface area contributed by atoms with Gasteiger partial charge >= 0.3 is 0 Å². The molecule has 1 saturated carbocycles. The van der Waals surface area contributed by atoms with Gasteiger partial charge in [0.05, 0.1) is 12.5 Å². The summed E-state index contributed by atoms with van der Waals surface area (Å²) in [4.78, 5) is 13.4. The zero-order chi connectivity index (χ0) is 10.6. The Morgan fingerprint density at radius 3 is 2.79 bits per heavy atom. The van der Waals surface area contributed by atoms with Crippen molar-refractivity contribution in [3.8, 4) is 12.3 Å². The molecule has 0 heterocycles. The average Bonchev–Trinajstić information content (AvgIpc) is 2.18. The molecule has 78 valence electrons. The summed E-state index contributed by atoms with van der Waals surface area (Å²) >= 11 is 0. The lowest BCUT2D eigenvalue weighted by molar-refractivity contribution is -0.135. The summed E-state index contributed by atoms with van der Waals surface area (Å²) in [6, 6.07) is 0.0245. The van der Waals surface area contributed by atoms with Crippen molar-refractivity contribution in [3.63, 3.8) is 0 Å². The molecule has 3 heteroatoms. The molecule has 0 aliphatic heterocycles. The van der Waals surface area contributed by atoms with Crippen LogP contribution in [0.15, 0.2) is 0 Å². The molecular weight excluding hydrogens is 176 g/mol. The Labute approximate surface area is 85.6 Å². The molecule has 0 saturated heterocycles. The Morgan fingerprint density at radius 2 is 2.21 bits per heavy atom. The van der Waals surface area contributed by atoms with Crippen molar-refractivity contribution in [1.82, 2.24) is 4.90 Å². The fraction of sp³-hybridized carbons (Fsp3) is 0.727. The fourth-order valence-corrected chi connectivity index (χ4v) is 1.96. The second-order valence-corrected chi connectivity index (χ2v) is 3.95. The Bertz CT molecular complexity index is 244. The van der Waals surface area contributed by atoms with Crippen molar-refractivity contribution in [2.45, 2.75) is 31.7 Å². The van der Waals surface area contributed by atoms with E-state index in [1.807, 2.05) is 0 Å². The summed E-state index contributed by atoms with van der Waals surface area (Å²) < 4.78 is 0. The Kier molecular flexibility index (Phi) is 3.97. The van der Waals surface area contributed by atoms with Crippen LogP contribution in [0, 0.1) is 18.3 Å². The molecule has 1 rings (SSSR count). The largest absolute Gasteiger partial charge is 0.334 e. The van der Waals surface area contributed by atoms with Crippen LogP contribution in [0.2, 0.25) is 0 Å². The molecule has 2 unspecified atom stereocenters. The Hall–Kier alpha value is -1.01. The third-order valence-corrected chi connectivity index (χ3v) is 2.84. The molecule has 2 N–H and O–H groups in total. The maximum absolute atomic E-state index is 11.8. The molecule has 0 radical (unpaired) electrons. The molecule has 1 fully saturated rings. The SMILES string of the molecule is C#CCN(C)C(=O)C1CCCCC1N. The van der Waals surface area contributed by atoms with E-state index < -0.39 is 0 Å². The molecule has 1 amide bonds. The zero-order valence-corrected chi connectivity index (χ0v) is 8.70. The van der Waals surface area contributed by atoms with Gasteiger partial charge in [0.25, 0.3) is 0 Å². The molecule has 1 aliphatic rings. The van der Waals surface area contributed by atoms with Crippen molar-refractivity contribution in [2.75, 3.05) is 13.6 Å². The third-order valence-electron chi connectivity index (χ3n) is 2.84. The van der Waals surface area contributed by atoms with Gasteiger partial charge in [0.1, 0.15) is 0 Å². The zero-order valence-electron chi connectivity index (χ0n) is 8.70. The Balaban J connectivity index is 2.54. The molecule has 14 heavy (non-hydrogen) atoms. The highest BCUT2D eigenvalue weighted by molar-refractivity contribution is 5.79. The minimum absolute atomic E-state index is 0.0119. The number of terminal acetylenes is 1. The summed E-state index contributed by atoms with van der Waals surface area (Å²) in [5, 5.41) is 0. The van der Waals surface area contributed by atoms with Crippen LogP contribution >= 0.6 is 0 Å². The van der Waals surface area contributed by atoms with Gasteiger partial charge in [0.2, 0.25) is 5.91 Å². The number of carbonyl (C=O) groups excluding carboxylic acids is 1. The minimum atomic E-state index is -0.0119. The van der Waals surface area contributed by atoms with E-state index in [2.05, 4.69) is 5.92 Å². The van der Waals surface area contributed by atoms with E-state index >= 15 is 0 Å². The quantitative estimate of drug-likeness (QED) is 0.654. The van der Waals surface area contributed by atoms with Gasteiger partial charge < -0.3 is 10.6 Å². The summed E-state index contributed by atoms with van der Waals surface area (Å²) in [6.07, 6.45) is 9.27. The molecule has 0 aromatic heterocycles. The number of hydrogen-bond acceptors (Lipinski definition) is 2. The highest BCUT2D eigenvalue weighted by Crippen LogP contribution is 2.24. The first kappa shape index (κ1) is 11.1. The van der Waals surface area contributed by atoms with Gasteiger partial charge in [-0.15, -0.1) is 6.42 Å².